The van der Waals surface area contributed by atoms with Gasteiger partial charge in [-0.05, 0) is 50.2 Å². The number of hydrogen-bond acceptors (Lipinski definition) is 4. The second-order valence-corrected chi connectivity index (χ2v) is 5.55. The number of fused-ring (bicyclic) bond motifs is 1. The van der Waals surface area contributed by atoms with Crippen LogP contribution in [0.1, 0.15) is 42.5 Å². The van der Waals surface area contributed by atoms with Crippen LogP contribution in [-0.2, 0) is 17.6 Å². The summed E-state index contributed by atoms with van der Waals surface area (Å²) in [5.41, 5.74) is 3.01. The summed E-state index contributed by atoms with van der Waals surface area (Å²) in [6.07, 6.45) is 6.63. The van der Waals surface area contributed by atoms with Crippen molar-refractivity contribution in [2.75, 3.05) is 19.0 Å². The Labute approximate surface area is 113 Å². The molecule has 2 aliphatic rings. The molecule has 1 N–H and O–H groups in total. The van der Waals surface area contributed by atoms with Crippen molar-refractivity contribution < 1.29 is 4.74 Å². The van der Waals surface area contributed by atoms with Crippen LogP contribution >= 0.6 is 0 Å². The SMILES string of the molecule is COC1(CNc2nc3c(cc2C#N)CCC3)CCC1. The Morgan fingerprint density at radius 2 is 2.26 bits per heavy atom. The highest BCUT2D eigenvalue weighted by molar-refractivity contribution is 5.55. The zero-order chi connectivity index (χ0) is 13.3. The first-order valence-electron chi connectivity index (χ1n) is 6.98. The Balaban J connectivity index is 1.79. The van der Waals surface area contributed by atoms with E-state index in [1.807, 2.05) is 6.07 Å². The van der Waals surface area contributed by atoms with Gasteiger partial charge in [-0.25, -0.2) is 4.98 Å². The van der Waals surface area contributed by atoms with E-state index in [1.54, 1.807) is 7.11 Å². The van der Waals surface area contributed by atoms with E-state index in [4.69, 9.17) is 4.74 Å². The third-order valence-electron chi connectivity index (χ3n) is 4.45. The summed E-state index contributed by atoms with van der Waals surface area (Å²) in [5, 5.41) is 12.6. The average molecular weight is 257 g/mol. The fourth-order valence-corrected chi connectivity index (χ4v) is 2.96. The minimum absolute atomic E-state index is 0.0482. The molecule has 1 aromatic heterocycles. The van der Waals surface area contributed by atoms with Gasteiger partial charge in [-0.15, -0.1) is 0 Å². The Bertz CT molecular complexity index is 523. The van der Waals surface area contributed by atoms with Crippen molar-refractivity contribution in [2.24, 2.45) is 0 Å². The first kappa shape index (κ1) is 12.4. The van der Waals surface area contributed by atoms with Crippen LogP contribution in [-0.4, -0.2) is 24.2 Å². The van der Waals surface area contributed by atoms with Crippen LogP contribution in [0.3, 0.4) is 0 Å². The molecule has 0 spiro atoms. The molecule has 100 valence electrons. The van der Waals surface area contributed by atoms with Crippen molar-refractivity contribution in [2.45, 2.75) is 44.1 Å². The van der Waals surface area contributed by atoms with Gasteiger partial charge in [0, 0.05) is 19.3 Å². The Morgan fingerprint density at radius 3 is 2.89 bits per heavy atom. The molecule has 19 heavy (non-hydrogen) atoms. The van der Waals surface area contributed by atoms with Crippen LogP contribution in [0.4, 0.5) is 5.82 Å². The molecule has 0 aromatic carbocycles. The quantitative estimate of drug-likeness (QED) is 0.900. The summed E-state index contributed by atoms with van der Waals surface area (Å²) >= 11 is 0. The molecule has 1 heterocycles. The summed E-state index contributed by atoms with van der Waals surface area (Å²) < 4.78 is 5.59. The second-order valence-electron chi connectivity index (χ2n) is 5.55. The Morgan fingerprint density at radius 1 is 1.42 bits per heavy atom. The number of nitriles is 1. The molecule has 1 fully saturated rings. The van der Waals surface area contributed by atoms with Gasteiger partial charge in [0.15, 0.2) is 0 Å². The lowest BCUT2D eigenvalue weighted by Gasteiger charge is -2.40. The minimum atomic E-state index is -0.0482. The molecule has 0 radical (unpaired) electrons. The predicted octanol–water partition coefficient (Wildman–Crippen LogP) is 2.42. The molecule has 0 amide bonds. The fraction of sp³-hybridized carbons (Fsp3) is 0.600. The van der Waals surface area contributed by atoms with Crippen molar-refractivity contribution in [3.63, 3.8) is 0 Å². The number of aryl methyl sites for hydroxylation is 2. The highest BCUT2D eigenvalue weighted by atomic mass is 16.5. The van der Waals surface area contributed by atoms with Crippen molar-refractivity contribution in [3.05, 3.63) is 22.9 Å². The number of pyridine rings is 1. The summed E-state index contributed by atoms with van der Waals surface area (Å²) in [6.45, 7) is 0.740. The van der Waals surface area contributed by atoms with Crippen LogP contribution in [0.15, 0.2) is 6.07 Å². The lowest BCUT2D eigenvalue weighted by Crippen LogP contribution is -2.45. The van der Waals surface area contributed by atoms with Gasteiger partial charge in [0.05, 0.1) is 11.2 Å². The van der Waals surface area contributed by atoms with E-state index < -0.39 is 0 Å². The minimum Gasteiger partial charge on any atom is -0.376 e. The third kappa shape index (κ3) is 2.19. The highest BCUT2D eigenvalue weighted by Crippen LogP contribution is 2.35. The molecule has 0 unspecified atom stereocenters. The molecule has 4 nitrogen and oxygen atoms in total. The lowest BCUT2D eigenvalue weighted by molar-refractivity contribution is -0.0601. The average Bonchev–Trinajstić information content (AvgIpc) is 2.84. The smallest absolute Gasteiger partial charge is 0.144 e. The molecule has 2 aliphatic carbocycles. The zero-order valence-corrected chi connectivity index (χ0v) is 11.3. The molecular weight excluding hydrogens is 238 g/mol. The van der Waals surface area contributed by atoms with Gasteiger partial charge in [0.25, 0.3) is 0 Å². The molecule has 0 bridgehead atoms. The third-order valence-corrected chi connectivity index (χ3v) is 4.45. The topological polar surface area (TPSA) is 57.9 Å². The van der Waals surface area contributed by atoms with E-state index in [2.05, 4.69) is 16.4 Å². The predicted molar refractivity (Wildman–Crippen MR) is 73.1 cm³/mol. The van der Waals surface area contributed by atoms with Crippen LogP contribution in [0.2, 0.25) is 0 Å². The molecule has 0 aliphatic heterocycles. The highest BCUT2D eigenvalue weighted by Gasteiger charge is 2.37. The van der Waals surface area contributed by atoms with Gasteiger partial charge in [-0.1, -0.05) is 0 Å². The molecule has 0 atom stereocenters. The molecule has 1 aromatic rings. The Hall–Kier alpha value is -1.60. The summed E-state index contributed by atoms with van der Waals surface area (Å²) in [7, 11) is 1.77. The summed E-state index contributed by atoms with van der Waals surface area (Å²) in [5.74, 6) is 0.728. The van der Waals surface area contributed by atoms with Crippen LogP contribution in [0.5, 0.6) is 0 Å². The van der Waals surface area contributed by atoms with Crippen molar-refractivity contribution >= 4 is 5.82 Å². The van der Waals surface area contributed by atoms with Gasteiger partial charge in [-0.2, -0.15) is 5.26 Å². The van der Waals surface area contributed by atoms with E-state index in [9.17, 15) is 5.26 Å². The van der Waals surface area contributed by atoms with Crippen molar-refractivity contribution in [1.82, 2.24) is 4.98 Å². The molecule has 0 saturated heterocycles. The van der Waals surface area contributed by atoms with Crippen molar-refractivity contribution in [3.8, 4) is 6.07 Å². The number of hydrogen-bond donors (Lipinski definition) is 1. The first-order valence-corrected chi connectivity index (χ1v) is 6.98. The van der Waals surface area contributed by atoms with Crippen LogP contribution in [0, 0.1) is 11.3 Å². The number of aromatic nitrogens is 1. The summed E-state index contributed by atoms with van der Waals surface area (Å²) in [6, 6.07) is 4.25. The number of nitrogens with zero attached hydrogens (tertiary/aromatic N) is 2. The lowest BCUT2D eigenvalue weighted by atomic mass is 9.80. The van der Waals surface area contributed by atoms with E-state index in [-0.39, 0.29) is 5.60 Å². The maximum absolute atomic E-state index is 9.25. The monoisotopic (exact) mass is 257 g/mol. The molecule has 1 saturated carbocycles. The number of ether oxygens (including phenoxy) is 1. The van der Waals surface area contributed by atoms with Gasteiger partial charge >= 0.3 is 0 Å². The number of methoxy groups -OCH3 is 1. The van der Waals surface area contributed by atoms with Gasteiger partial charge < -0.3 is 10.1 Å². The first-order chi connectivity index (χ1) is 9.26. The number of nitrogens with one attached hydrogen (secondary N) is 1. The maximum Gasteiger partial charge on any atom is 0.144 e. The molecule has 4 heteroatoms. The molecule has 3 rings (SSSR count). The van der Waals surface area contributed by atoms with Gasteiger partial charge in [0.2, 0.25) is 0 Å². The largest absolute Gasteiger partial charge is 0.376 e. The summed E-state index contributed by atoms with van der Waals surface area (Å²) in [4.78, 5) is 4.63. The number of anilines is 1. The second kappa shape index (κ2) is 4.82. The fourth-order valence-electron chi connectivity index (χ4n) is 2.96. The normalized spacial score (nSPS) is 19.4. The van der Waals surface area contributed by atoms with E-state index in [1.165, 1.54) is 12.0 Å². The van der Waals surface area contributed by atoms with Crippen LogP contribution in [0.25, 0.3) is 0 Å². The standard InChI is InChI=1S/C15H19N3O/c1-19-15(6-3-7-15)10-17-14-12(9-16)8-11-4-2-5-13(11)18-14/h8H,2-7,10H2,1H3,(H,17,18). The van der Waals surface area contributed by atoms with Gasteiger partial charge in [0.1, 0.15) is 11.9 Å². The Kier molecular flexibility index (Phi) is 3.16. The van der Waals surface area contributed by atoms with Crippen LogP contribution < -0.4 is 5.32 Å². The number of rotatable bonds is 4. The van der Waals surface area contributed by atoms with Crippen molar-refractivity contribution in [1.29, 1.82) is 5.26 Å². The van der Waals surface area contributed by atoms with E-state index in [0.29, 0.717) is 5.56 Å². The zero-order valence-electron chi connectivity index (χ0n) is 11.3. The maximum atomic E-state index is 9.25. The molecular formula is C15H19N3O. The van der Waals surface area contributed by atoms with E-state index in [0.717, 1.165) is 50.2 Å². The van der Waals surface area contributed by atoms with E-state index >= 15 is 0 Å². The van der Waals surface area contributed by atoms with Gasteiger partial charge in [-0.3, -0.25) is 0 Å².